The predicted octanol–water partition coefficient (Wildman–Crippen LogP) is 2.96. The van der Waals surface area contributed by atoms with Gasteiger partial charge in [0.25, 0.3) is 5.91 Å². The van der Waals surface area contributed by atoms with Gasteiger partial charge in [-0.3, -0.25) is 9.48 Å². The van der Waals surface area contributed by atoms with Crippen LogP contribution >= 0.6 is 0 Å². The number of hydrogen-bond donors (Lipinski definition) is 1. The molecule has 2 heterocycles. The third kappa shape index (κ3) is 3.60. The van der Waals surface area contributed by atoms with Crippen LogP contribution in [-0.4, -0.2) is 39.7 Å². The number of rotatable bonds is 2. The third-order valence-corrected chi connectivity index (χ3v) is 4.78. The van der Waals surface area contributed by atoms with Gasteiger partial charge in [0.15, 0.2) is 5.69 Å². The molecule has 1 aliphatic rings. The highest BCUT2D eigenvalue weighted by molar-refractivity contribution is 5.92. The largest absolute Gasteiger partial charge is 0.337 e. The summed E-state index contributed by atoms with van der Waals surface area (Å²) in [5, 5.41) is 4.64. The van der Waals surface area contributed by atoms with Crippen molar-refractivity contribution in [3.05, 3.63) is 17.5 Å². The van der Waals surface area contributed by atoms with Crippen LogP contribution in [0.1, 0.15) is 77.0 Å². The van der Waals surface area contributed by atoms with Gasteiger partial charge in [0.2, 0.25) is 0 Å². The summed E-state index contributed by atoms with van der Waals surface area (Å²) in [6.07, 6.45) is 0.843. The van der Waals surface area contributed by atoms with Crippen molar-refractivity contribution in [1.29, 1.82) is 0 Å². The number of nitrogens with zero attached hydrogens (tertiary/aromatic N) is 3. The fourth-order valence-corrected chi connectivity index (χ4v) is 3.16. The summed E-state index contributed by atoms with van der Waals surface area (Å²) < 4.78 is 1.99. The molecule has 1 amide bonds. The van der Waals surface area contributed by atoms with Crippen molar-refractivity contribution in [3.8, 4) is 0 Å². The first kappa shape index (κ1) is 18.0. The second kappa shape index (κ2) is 5.93. The van der Waals surface area contributed by atoms with Crippen LogP contribution in [0.4, 0.5) is 0 Å². The zero-order valence-corrected chi connectivity index (χ0v) is 15.7. The molecule has 2 rings (SSSR count). The second-order valence-electron chi connectivity index (χ2n) is 8.80. The lowest BCUT2D eigenvalue weighted by molar-refractivity contribution is 0.0526. The molecule has 130 valence electrons. The minimum Gasteiger partial charge on any atom is -0.337 e. The van der Waals surface area contributed by atoms with Gasteiger partial charge < -0.3 is 10.6 Å². The van der Waals surface area contributed by atoms with E-state index in [9.17, 15) is 4.79 Å². The third-order valence-electron chi connectivity index (χ3n) is 4.78. The Morgan fingerprint density at radius 3 is 2.43 bits per heavy atom. The van der Waals surface area contributed by atoms with Crippen molar-refractivity contribution in [2.45, 2.75) is 72.4 Å². The first-order chi connectivity index (χ1) is 10.4. The Morgan fingerprint density at radius 2 is 2.00 bits per heavy atom. The Hall–Kier alpha value is -1.36. The molecule has 2 N–H and O–H groups in total. The molecule has 1 fully saturated rings. The highest BCUT2D eigenvalue weighted by atomic mass is 16.2. The van der Waals surface area contributed by atoms with E-state index in [0.29, 0.717) is 24.7 Å². The van der Waals surface area contributed by atoms with Gasteiger partial charge in [-0.2, -0.15) is 5.10 Å². The SMILES string of the molecule is CC(C)c1cc(C(=O)N2CCC(N)C(C)(C)C2)nn1C(C)(C)C. The second-order valence-corrected chi connectivity index (χ2v) is 8.80. The number of nitrogens with two attached hydrogens (primary N) is 1. The molecule has 0 radical (unpaired) electrons. The Labute approximate surface area is 140 Å². The van der Waals surface area contributed by atoms with E-state index in [-0.39, 0.29) is 22.9 Å². The maximum Gasteiger partial charge on any atom is 0.274 e. The molecule has 0 aliphatic carbocycles. The predicted molar refractivity (Wildman–Crippen MR) is 93.6 cm³/mol. The van der Waals surface area contributed by atoms with E-state index in [4.69, 9.17) is 5.73 Å². The number of carbonyl (C=O) groups excluding carboxylic acids is 1. The summed E-state index contributed by atoms with van der Waals surface area (Å²) in [4.78, 5) is 14.8. The maximum atomic E-state index is 12.9. The van der Waals surface area contributed by atoms with Gasteiger partial charge in [-0.25, -0.2) is 0 Å². The van der Waals surface area contributed by atoms with Gasteiger partial charge in [0.1, 0.15) is 0 Å². The zero-order valence-electron chi connectivity index (χ0n) is 15.7. The molecule has 1 aromatic rings. The molecule has 1 unspecified atom stereocenters. The fourth-order valence-electron chi connectivity index (χ4n) is 3.16. The Morgan fingerprint density at radius 1 is 1.39 bits per heavy atom. The van der Waals surface area contributed by atoms with Crippen molar-refractivity contribution in [2.24, 2.45) is 11.1 Å². The minimum atomic E-state index is -0.137. The molecule has 5 heteroatoms. The normalized spacial score (nSPS) is 21.8. The van der Waals surface area contributed by atoms with Crippen molar-refractivity contribution < 1.29 is 4.79 Å². The molecule has 23 heavy (non-hydrogen) atoms. The molecule has 0 aromatic carbocycles. The van der Waals surface area contributed by atoms with Crippen LogP contribution in [0.25, 0.3) is 0 Å². The molecular formula is C18H32N4O. The highest BCUT2D eigenvalue weighted by Gasteiger charge is 2.36. The summed E-state index contributed by atoms with van der Waals surface area (Å²) in [6, 6.07) is 2.10. The summed E-state index contributed by atoms with van der Waals surface area (Å²) in [6.45, 7) is 16.3. The molecule has 5 nitrogen and oxygen atoms in total. The summed E-state index contributed by atoms with van der Waals surface area (Å²) in [7, 11) is 0. The lowest BCUT2D eigenvalue weighted by Crippen LogP contribution is -2.54. The molecule has 1 aromatic heterocycles. The van der Waals surface area contributed by atoms with Gasteiger partial charge in [-0.1, -0.05) is 27.7 Å². The van der Waals surface area contributed by atoms with Crippen LogP contribution in [0.2, 0.25) is 0 Å². The van der Waals surface area contributed by atoms with E-state index in [1.54, 1.807) is 0 Å². The van der Waals surface area contributed by atoms with Crippen LogP contribution in [0.15, 0.2) is 6.07 Å². The summed E-state index contributed by atoms with van der Waals surface area (Å²) in [5.41, 5.74) is 7.65. The fraction of sp³-hybridized carbons (Fsp3) is 0.778. The Kier molecular flexibility index (Phi) is 4.64. The van der Waals surface area contributed by atoms with Gasteiger partial charge in [-0.05, 0) is 44.6 Å². The molecule has 0 bridgehead atoms. The van der Waals surface area contributed by atoms with Gasteiger partial charge in [-0.15, -0.1) is 0 Å². The van der Waals surface area contributed by atoms with Crippen LogP contribution in [0, 0.1) is 5.41 Å². The monoisotopic (exact) mass is 320 g/mol. The molecule has 1 aliphatic heterocycles. The van der Waals surface area contributed by atoms with E-state index in [0.717, 1.165) is 12.1 Å². The number of hydrogen-bond acceptors (Lipinski definition) is 3. The molecule has 0 spiro atoms. The van der Waals surface area contributed by atoms with Crippen molar-refractivity contribution in [2.75, 3.05) is 13.1 Å². The molecule has 1 atom stereocenters. The van der Waals surface area contributed by atoms with Crippen molar-refractivity contribution in [3.63, 3.8) is 0 Å². The minimum absolute atomic E-state index is 0.0230. The Balaban J connectivity index is 2.30. The van der Waals surface area contributed by atoms with Crippen LogP contribution < -0.4 is 5.73 Å². The average Bonchev–Trinajstić information content (AvgIpc) is 2.86. The average molecular weight is 320 g/mol. The maximum absolute atomic E-state index is 12.9. The standard InChI is InChI=1S/C18H32N4O/c1-12(2)14-10-13(20-22(14)17(3,4)5)16(23)21-9-8-15(19)18(6,7)11-21/h10,12,15H,8-9,11,19H2,1-7H3. The van der Waals surface area contributed by atoms with Gasteiger partial charge in [0, 0.05) is 24.8 Å². The van der Waals surface area contributed by atoms with Gasteiger partial charge >= 0.3 is 0 Å². The van der Waals surface area contributed by atoms with E-state index in [2.05, 4.69) is 53.6 Å². The Bertz CT molecular complexity index is 580. The lowest BCUT2D eigenvalue weighted by Gasteiger charge is -2.42. The molecular weight excluding hydrogens is 288 g/mol. The quantitative estimate of drug-likeness (QED) is 0.911. The summed E-state index contributed by atoms with van der Waals surface area (Å²) in [5.74, 6) is 0.351. The lowest BCUT2D eigenvalue weighted by atomic mass is 9.79. The van der Waals surface area contributed by atoms with E-state index >= 15 is 0 Å². The number of piperidine rings is 1. The number of likely N-dealkylation sites (tertiary alicyclic amines) is 1. The molecule has 0 saturated carbocycles. The zero-order chi connectivity index (χ0) is 17.6. The smallest absolute Gasteiger partial charge is 0.274 e. The first-order valence-electron chi connectivity index (χ1n) is 8.59. The van der Waals surface area contributed by atoms with Crippen LogP contribution in [0.3, 0.4) is 0 Å². The van der Waals surface area contributed by atoms with E-state index in [1.807, 2.05) is 15.6 Å². The highest BCUT2D eigenvalue weighted by Crippen LogP contribution is 2.29. The summed E-state index contributed by atoms with van der Waals surface area (Å²) >= 11 is 0. The van der Waals surface area contributed by atoms with Gasteiger partial charge in [0.05, 0.1) is 5.54 Å². The topological polar surface area (TPSA) is 64.2 Å². The van der Waals surface area contributed by atoms with Crippen LogP contribution in [-0.2, 0) is 5.54 Å². The van der Waals surface area contributed by atoms with E-state index < -0.39 is 0 Å². The van der Waals surface area contributed by atoms with Crippen LogP contribution in [0.5, 0.6) is 0 Å². The number of amides is 1. The number of aromatic nitrogens is 2. The van der Waals surface area contributed by atoms with E-state index in [1.165, 1.54) is 0 Å². The van der Waals surface area contributed by atoms with Crippen molar-refractivity contribution in [1.82, 2.24) is 14.7 Å². The first-order valence-corrected chi connectivity index (χ1v) is 8.59. The molecule has 1 saturated heterocycles. The number of carbonyl (C=O) groups is 1. The van der Waals surface area contributed by atoms with Crippen molar-refractivity contribution >= 4 is 5.91 Å².